The van der Waals surface area contributed by atoms with Gasteiger partial charge in [0.25, 0.3) is 0 Å². The zero-order chi connectivity index (χ0) is 10.9. The Hall–Kier alpha value is -2.25. The Balaban J connectivity index is 0.000000337. The van der Waals surface area contributed by atoms with Crippen LogP contribution in [0.15, 0.2) is 60.7 Å². The molecule has 0 atom stereocenters. The lowest BCUT2D eigenvalue weighted by molar-refractivity contribution is 1.62. The van der Waals surface area contributed by atoms with E-state index in [0.29, 0.717) is 0 Å². The summed E-state index contributed by atoms with van der Waals surface area (Å²) in [5.41, 5.74) is 16.1. The molecule has 15 heavy (non-hydrogen) atoms. The van der Waals surface area contributed by atoms with Crippen LogP contribution in [0.4, 0.5) is 0 Å². The van der Waals surface area contributed by atoms with Crippen LogP contribution in [0.5, 0.6) is 0 Å². The van der Waals surface area contributed by atoms with Gasteiger partial charge in [-0.1, -0.05) is 60.7 Å². The third kappa shape index (κ3) is 3.55. The van der Waals surface area contributed by atoms with Gasteiger partial charge in [-0.3, -0.25) is 4.91 Å². The van der Waals surface area contributed by atoms with Crippen molar-refractivity contribution in [3.63, 3.8) is 0 Å². The monoisotopic (exact) mass is 196 g/mol. The Morgan fingerprint density at radius 3 is 1.13 bits per heavy atom. The largest absolute Gasteiger partial charge is 0.373 e. The molecule has 3 heteroatoms. The molecule has 0 aromatic heterocycles. The third-order valence-corrected chi connectivity index (χ3v) is 1.88. The van der Waals surface area contributed by atoms with Crippen LogP contribution < -0.4 is 0 Å². The number of nitrogens with zero attached hydrogens (tertiary/aromatic N) is 3. The van der Waals surface area contributed by atoms with E-state index in [4.69, 9.17) is 11.1 Å². The van der Waals surface area contributed by atoms with Crippen molar-refractivity contribution in [2.75, 3.05) is 0 Å². The molecule has 2 aromatic rings. The van der Waals surface area contributed by atoms with Crippen molar-refractivity contribution in [1.29, 1.82) is 0 Å². The SMILES string of the molecule is [N-]=[N+]=[N-].c1ccc(-c2ccccc2)cc1. The van der Waals surface area contributed by atoms with Gasteiger partial charge in [-0.25, -0.2) is 0 Å². The van der Waals surface area contributed by atoms with Gasteiger partial charge in [0.05, 0.1) is 0 Å². The van der Waals surface area contributed by atoms with Gasteiger partial charge < -0.3 is 11.1 Å². The molecule has 0 bridgehead atoms. The Labute approximate surface area is 88.4 Å². The fourth-order valence-electron chi connectivity index (χ4n) is 1.26. The molecule has 0 fully saturated rings. The van der Waals surface area contributed by atoms with Crippen LogP contribution in [-0.2, 0) is 0 Å². The van der Waals surface area contributed by atoms with E-state index in [1.165, 1.54) is 16.0 Å². The minimum absolute atomic E-state index is 1.28. The Kier molecular flexibility index (Phi) is 4.51. The highest BCUT2D eigenvalue weighted by molar-refractivity contribution is 5.62. The predicted octanol–water partition coefficient (Wildman–Crippen LogP) is 4.22. The van der Waals surface area contributed by atoms with Crippen molar-refractivity contribution < 1.29 is 0 Å². The van der Waals surface area contributed by atoms with Gasteiger partial charge in [0.2, 0.25) is 0 Å². The molecule has 2 rings (SSSR count). The molecule has 0 N–H and O–H groups in total. The summed E-state index contributed by atoms with van der Waals surface area (Å²) in [5.74, 6) is 0. The molecule has 0 radical (unpaired) electrons. The quantitative estimate of drug-likeness (QED) is 0.372. The summed E-state index contributed by atoms with van der Waals surface area (Å²) >= 11 is 0. The maximum absolute atomic E-state index is 6.75. The molecule has 0 unspecified atom stereocenters. The molecular weight excluding hydrogens is 186 g/mol. The number of hydrogen-bond donors (Lipinski definition) is 0. The first-order chi connectivity index (χ1) is 7.38. The maximum atomic E-state index is 6.75. The first kappa shape index (κ1) is 10.8. The van der Waals surface area contributed by atoms with Crippen LogP contribution in [0.3, 0.4) is 0 Å². The highest BCUT2D eigenvalue weighted by Crippen LogP contribution is 2.17. The lowest BCUT2D eigenvalue weighted by Crippen LogP contribution is -1.73. The van der Waals surface area contributed by atoms with Gasteiger partial charge in [0.1, 0.15) is 0 Å². The van der Waals surface area contributed by atoms with E-state index < -0.39 is 0 Å². The van der Waals surface area contributed by atoms with Crippen LogP contribution in [0.1, 0.15) is 0 Å². The van der Waals surface area contributed by atoms with Gasteiger partial charge in [-0.15, -0.1) is 0 Å². The number of rotatable bonds is 1. The third-order valence-electron chi connectivity index (χ3n) is 1.88. The molecule has 0 aliphatic rings. The van der Waals surface area contributed by atoms with E-state index in [2.05, 4.69) is 48.5 Å². The van der Waals surface area contributed by atoms with E-state index in [1.54, 1.807) is 0 Å². The standard InChI is InChI=1S/C12H10.N3/c1-3-7-11(8-4-1)12-9-5-2-6-10-12;1-3-2/h1-10H;/q;-1. The molecule has 3 nitrogen and oxygen atoms in total. The number of benzene rings is 2. The van der Waals surface area contributed by atoms with Crippen LogP contribution >= 0.6 is 0 Å². The van der Waals surface area contributed by atoms with Crippen LogP contribution in [-0.4, -0.2) is 0 Å². The summed E-state index contributed by atoms with van der Waals surface area (Å²) < 4.78 is 0. The molecule has 0 heterocycles. The Morgan fingerprint density at radius 2 is 0.867 bits per heavy atom. The first-order valence-electron chi connectivity index (χ1n) is 4.47. The second-order valence-corrected chi connectivity index (χ2v) is 2.82. The second-order valence-electron chi connectivity index (χ2n) is 2.82. The highest BCUT2D eigenvalue weighted by atomic mass is 15.0. The molecule has 74 valence electrons. The molecule has 2 aromatic carbocycles. The summed E-state index contributed by atoms with van der Waals surface area (Å²) in [6.07, 6.45) is 0. The van der Waals surface area contributed by atoms with E-state index in [0.717, 1.165) is 0 Å². The van der Waals surface area contributed by atoms with E-state index in [9.17, 15) is 0 Å². The summed E-state index contributed by atoms with van der Waals surface area (Å²) in [5, 5.41) is 0. The Morgan fingerprint density at radius 1 is 0.600 bits per heavy atom. The summed E-state index contributed by atoms with van der Waals surface area (Å²) in [6, 6.07) is 20.8. The lowest BCUT2D eigenvalue weighted by atomic mass is 10.1. The number of hydrogen-bond acceptors (Lipinski definition) is 0. The van der Waals surface area contributed by atoms with Gasteiger partial charge >= 0.3 is 0 Å². The van der Waals surface area contributed by atoms with E-state index >= 15 is 0 Å². The van der Waals surface area contributed by atoms with Crippen LogP contribution in [0.25, 0.3) is 27.1 Å². The minimum Gasteiger partial charge on any atom is -0.373 e. The van der Waals surface area contributed by atoms with Crippen molar-refractivity contribution >= 4 is 0 Å². The average molecular weight is 196 g/mol. The summed E-state index contributed by atoms with van der Waals surface area (Å²) in [7, 11) is 0. The zero-order valence-corrected chi connectivity index (χ0v) is 8.12. The minimum atomic E-state index is 1.28. The predicted molar refractivity (Wildman–Crippen MR) is 62.0 cm³/mol. The molecule has 0 spiro atoms. The van der Waals surface area contributed by atoms with E-state index in [-0.39, 0.29) is 0 Å². The van der Waals surface area contributed by atoms with Gasteiger partial charge in [0.15, 0.2) is 0 Å². The molecule has 0 aliphatic heterocycles. The smallest absolute Gasteiger partial charge is 0.0184 e. The molecule has 0 amide bonds. The van der Waals surface area contributed by atoms with Crippen LogP contribution in [0, 0.1) is 0 Å². The zero-order valence-electron chi connectivity index (χ0n) is 8.12. The summed E-state index contributed by atoms with van der Waals surface area (Å²) in [6.45, 7) is 0. The molecule has 0 saturated carbocycles. The van der Waals surface area contributed by atoms with Crippen molar-refractivity contribution in [3.05, 3.63) is 76.6 Å². The van der Waals surface area contributed by atoms with Crippen LogP contribution in [0.2, 0.25) is 0 Å². The Bertz CT molecular complexity index is 380. The van der Waals surface area contributed by atoms with Crippen molar-refractivity contribution in [1.82, 2.24) is 0 Å². The first-order valence-corrected chi connectivity index (χ1v) is 4.47. The molecule has 0 saturated heterocycles. The fourth-order valence-corrected chi connectivity index (χ4v) is 1.26. The lowest BCUT2D eigenvalue weighted by Gasteiger charge is -1.98. The topological polar surface area (TPSA) is 58.7 Å². The van der Waals surface area contributed by atoms with Crippen molar-refractivity contribution in [3.8, 4) is 11.1 Å². The fraction of sp³-hybridized carbons (Fsp3) is 0. The molecule has 0 aliphatic carbocycles. The average Bonchev–Trinajstić information content (AvgIpc) is 2.32. The van der Waals surface area contributed by atoms with Gasteiger partial charge in [0, 0.05) is 0 Å². The van der Waals surface area contributed by atoms with Crippen molar-refractivity contribution in [2.45, 2.75) is 0 Å². The van der Waals surface area contributed by atoms with E-state index in [1.807, 2.05) is 12.1 Å². The highest BCUT2D eigenvalue weighted by Gasteiger charge is 1.91. The normalized spacial score (nSPS) is 8.27. The van der Waals surface area contributed by atoms with Crippen molar-refractivity contribution in [2.24, 2.45) is 0 Å². The molecular formula is C12H10N3-. The van der Waals surface area contributed by atoms with Gasteiger partial charge in [-0.2, -0.15) is 0 Å². The van der Waals surface area contributed by atoms with Gasteiger partial charge in [-0.05, 0) is 11.1 Å². The maximum Gasteiger partial charge on any atom is -0.0184 e. The second kappa shape index (κ2) is 6.24. The summed E-state index contributed by atoms with van der Waals surface area (Å²) in [4.78, 5) is 1.50.